The lowest BCUT2D eigenvalue weighted by molar-refractivity contribution is -0.115. The Morgan fingerprint density at radius 2 is 2.26 bits per heavy atom. The number of rotatable bonds is 3. The molecule has 1 aromatic carbocycles. The van der Waals surface area contributed by atoms with Gasteiger partial charge >= 0.3 is 0 Å². The Kier molecular flexibility index (Phi) is 3.53. The van der Waals surface area contributed by atoms with E-state index in [4.69, 9.17) is 0 Å². The van der Waals surface area contributed by atoms with Gasteiger partial charge in [0.2, 0.25) is 5.91 Å². The zero-order valence-corrected chi connectivity index (χ0v) is 11.3. The molecule has 2 unspecified atom stereocenters. The predicted molar refractivity (Wildman–Crippen MR) is 76.2 cm³/mol. The van der Waals surface area contributed by atoms with Crippen molar-refractivity contribution in [3.05, 3.63) is 29.3 Å². The fourth-order valence-corrected chi connectivity index (χ4v) is 3.21. The maximum absolute atomic E-state index is 11.4. The summed E-state index contributed by atoms with van der Waals surface area (Å²) in [5.41, 5.74) is 3.37. The number of amides is 1. The minimum atomic E-state index is 0.101. The molecule has 0 aliphatic carbocycles. The minimum Gasteiger partial charge on any atom is -0.326 e. The van der Waals surface area contributed by atoms with Gasteiger partial charge in [-0.25, -0.2) is 0 Å². The van der Waals surface area contributed by atoms with E-state index >= 15 is 0 Å². The molecule has 102 valence electrons. The molecule has 1 aromatic rings. The molecule has 0 aromatic heterocycles. The Morgan fingerprint density at radius 3 is 3.00 bits per heavy atom. The maximum atomic E-state index is 11.4. The van der Waals surface area contributed by atoms with Crippen LogP contribution in [0, 0.1) is 0 Å². The number of benzene rings is 1. The summed E-state index contributed by atoms with van der Waals surface area (Å²) in [7, 11) is 2.01. The highest BCUT2D eigenvalue weighted by Crippen LogP contribution is 2.29. The van der Waals surface area contributed by atoms with Gasteiger partial charge in [0, 0.05) is 17.8 Å². The van der Waals surface area contributed by atoms with Gasteiger partial charge in [0.1, 0.15) is 0 Å². The SMILES string of the molecule is CNC(c1ccc2c(c1)CC(=O)N2)C1CCCCN1. The first-order chi connectivity index (χ1) is 9.28. The summed E-state index contributed by atoms with van der Waals surface area (Å²) in [5.74, 6) is 0.101. The zero-order chi connectivity index (χ0) is 13.2. The van der Waals surface area contributed by atoms with Crippen LogP contribution in [0.25, 0.3) is 0 Å². The molecule has 1 fully saturated rings. The van der Waals surface area contributed by atoms with E-state index in [1.807, 2.05) is 13.1 Å². The van der Waals surface area contributed by atoms with Crippen molar-refractivity contribution in [1.29, 1.82) is 0 Å². The lowest BCUT2D eigenvalue weighted by atomic mass is 9.91. The van der Waals surface area contributed by atoms with Crippen LogP contribution in [0.1, 0.15) is 36.4 Å². The van der Waals surface area contributed by atoms with E-state index in [2.05, 4.69) is 28.1 Å². The third kappa shape index (κ3) is 2.51. The van der Waals surface area contributed by atoms with Crippen LogP contribution in [0.4, 0.5) is 5.69 Å². The number of piperidine rings is 1. The first-order valence-electron chi connectivity index (χ1n) is 7.11. The predicted octanol–water partition coefficient (Wildman–Crippen LogP) is 1.58. The molecule has 0 spiro atoms. The summed E-state index contributed by atoms with van der Waals surface area (Å²) < 4.78 is 0. The van der Waals surface area contributed by atoms with Crippen LogP contribution in [0.3, 0.4) is 0 Å². The smallest absolute Gasteiger partial charge is 0.228 e. The van der Waals surface area contributed by atoms with Crippen molar-refractivity contribution >= 4 is 11.6 Å². The Balaban J connectivity index is 1.83. The normalized spacial score (nSPS) is 23.8. The molecule has 1 amide bonds. The molecule has 0 bridgehead atoms. The lowest BCUT2D eigenvalue weighted by Gasteiger charge is -2.31. The Hall–Kier alpha value is -1.39. The average molecular weight is 259 g/mol. The highest BCUT2D eigenvalue weighted by Gasteiger charge is 2.25. The average Bonchev–Trinajstić information content (AvgIpc) is 2.80. The van der Waals surface area contributed by atoms with Crippen molar-refractivity contribution in [3.8, 4) is 0 Å². The number of fused-ring (bicyclic) bond motifs is 1. The van der Waals surface area contributed by atoms with Gasteiger partial charge in [-0.15, -0.1) is 0 Å². The zero-order valence-electron chi connectivity index (χ0n) is 11.3. The van der Waals surface area contributed by atoms with Gasteiger partial charge < -0.3 is 16.0 Å². The van der Waals surface area contributed by atoms with Crippen molar-refractivity contribution in [3.63, 3.8) is 0 Å². The first-order valence-corrected chi connectivity index (χ1v) is 7.11. The number of hydrogen-bond donors (Lipinski definition) is 3. The van der Waals surface area contributed by atoms with Crippen LogP contribution in [0.2, 0.25) is 0 Å². The second-order valence-electron chi connectivity index (χ2n) is 5.46. The van der Waals surface area contributed by atoms with Crippen LogP contribution in [-0.4, -0.2) is 25.5 Å². The number of carbonyl (C=O) groups excluding carboxylic acids is 1. The summed E-state index contributed by atoms with van der Waals surface area (Å²) in [5, 5.41) is 9.91. The molecule has 1 saturated heterocycles. The molecule has 2 aliphatic heterocycles. The number of carbonyl (C=O) groups is 1. The monoisotopic (exact) mass is 259 g/mol. The van der Waals surface area contributed by atoms with E-state index in [9.17, 15) is 4.79 Å². The molecule has 4 heteroatoms. The van der Waals surface area contributed by atoms with Crippen molar-refractivity contribution in [1.82, 2.24) is 10.6 Å². The third-order valence-electron chi connectivity index (χ3n) is 4.18. The van der Waals surface area contributed by atoms with E-state index in [0.29, 0.717) is 18.5 Å². The van der Waals surface area contributed by atoms with Gasteiger partial charge in [-0.2, -0.15) is 0 Å². The van der Waals surface area contributed by atoms with E-state index in [0.717, 1.165) is 17.8 Å². The number of hydrogen-bond acceptors (Lipinski definition) is 3. The highest BCUT2D eigenvalue weighted by atomic mass is 16.1. The van der Waals surface area contributed by atoms with E-state index in [1.54, 1.807) is 0 Å². The van der Waals surface area contributed by atoms with Crippen molar-refractivity contribution in [2.45, 2.75) is 37.8 Å². The van der Waals surface area contributed by atoms with Gasteiger partial charge in [0.25, 0.3) is 0 Å². The van der Waals surface area contributed by atoms with Crippen LogP contribution in [0.15, 0.2) is 18.2 Å². The van der Waals surface area contributed by atoms with Gasteiger partial charge in [-0.05, 0) is 43.6 Å². The quantitative estimate of drug-likeness (QED) is 0.772. The molecular formula is C15H21N3O. The summed E-state index contributed by atoms with van der Waals surface area (Å²) in [6, 6.07) is 7.14. The van der Waals surface area contributed by atoms with Gasteiger partial charge in [0.05, 0.1) is 6.42 Å². The largest absolute Gasteiger partial charge is 0.326 e. The Labute approximate surface area is 114 Å². The second kappa shape index (κ2) is 5.31. The molecule has 3 rings (SSSR count). The highest BCUT2D eigenvalue weighted by molar-refractivity contribution is 5.99. The number of likely N-dealkylation sites (N-methyl/N-ethyl adjacent to an activating group) is 1. The third-order valence-corrected chi connectivity index (χ3v) is 4.18. The van der Waals surface area contributed by atoms with Gasteiger partial charge in [-0.1, -0.05) is 18.6 Å². The topological polar surface area (TPSA) is 53.2 Å². The van der Waals surface area contributed by atoms with Crippen LogP contribution in [0.5, 0.6) is 0 Å². The molecule has 4 nitrogen and oxygen atoms in total. The molecule has 2 atom stereocenters. The minimum absolute atomic E-state index is 0.101. The second-order valence-corrected chi connectivity index (χ2v) is 5.46. The standard InChI is InChI=1S/C15H21N3O/c1-16-15(13-4-2-3-7-17-13)10-5-6-12-11(8-10)9-14(19)18-12/h5-6,8,13,15-17H,2-4,7,9H2,1H3,(H,18,19). The molecule has 3 N–H and O–H groups in total. The number of nitrogens with one attached hydrogen (secondary N) is 3. The van der Waals surface area contributed by atoms with Crippen LogP contribution < -0.4 is 16.0 Å². The molecular weight excluding hydrogens is 238 g/mol. The summed E-state index contributed by atoms with van der Waals surface area (Å²) >= 11 is 0. The summed E-state index contributed by atoms with van der Waals surface area (Å²) in [6.07, 6.45) is 4.29. The Bertz CT molecular complexity index is 480. The van der Waals surface area contributed by atoms with Crippen molar-refractivity contribution < 1.29 is 4.79 Å². The molecule has 0 saturated carbocycles. The van der Waals surface area contributed by atoms with E-state index in [1.165, 1.54) is 24.8 Å². The maximum Gasteiger partial charge on any atom is 0.228 e. The Morgan fingerprint density at radius 1 is 1.37 bits per heavy atom. The summed E-state index contributed by atoms with van der Waals surface area (Å²) in [6.45, 7) is 1.10. The fraction of sp³-hybridized carbons (Fsp3) is 0.533. The molecule has 2 aliphatic rings. The number of anilines is 1. The molecule has 0 radical (unpaired) electrons. The molecule has 2 heterocycles. The van der Waals surface area contributed by atoms with Gasteiger partial charge in [0.15, 0.2) is 0 Å². The van der Waals surface area contributed by atoms with Crippen molar-refractivity contribution in [2.75, 3.05) is 18.9 Å². The lowest BCUT2D eigenvalue weighted by Crippen LogP contribution is -2.43. The van der Waals surface area contributed by atoms with E-state index in [-0.39, 0.29) is 5.91 Å². The van der Waals surface area contributed by atoms with Crippen LogP contribution in [-0.2, 0) is 11.2 Å². The van der Waals surface area contributed by atoms with Crippen molar-refractivity contribution in [2.24, 2.45) is 0 Å². The van der Waals surface area contributed by atoms with E-state index < -0.39 is 0 Å². The molecule has 19 heavy (non-hydrogen) atoms. The summed E-state index contributed by atoms with van der Waals surface area (Å²) in [4.78, 5) is 11.4. The van der Waals surface area contributed by atoms with Crippen LogP contribution >= 0.6 is 0 Å². The van der Waals surface area contributed by atoms with Gasteiger partial charge in [-0.3, -0.25) is 4.79 Å². The first kappa shape index (κ1) is 12.6. The fourth-order valence-electron chi connectivity index (χ4n) is 3.21.